The van der Waals surface area contributed by atoms with Crippen molar-refractivity contribution in [1.82, 2.24) is 25.1 Å². The molecular formula is C18H23N5O2. The smallest absolute Gasteiger partial charge is 0.246 e. The van der Waals surface area contributed by atoms with Gasteiger partial charge in [-0.2, -0.15) is 4.80 Å². The van der Waals surface area contributed by atoms with Crippen LogP contribution in [0.5, 0.6) is 0 Å². The molecule has 1 aromatic heterocycles. The van der Waals surface area contributed by atoms with Crippen molar-refractivity contribution >= 4 is 5.91 Å². The first-order valence-electron chi connectivity index (χ1n) is 8.97. The summed E-state index contributed by atoms with van der Waals surface area (Å²) in [7, 11) is 0. The molecule has 2 fully saturated rings. The number of hydrogen-bond donors (Lipinski definition) is 0. The van der Waals surface area contributed by atoms with Crippen molar-refractivity contribution in [2.75, 3.05) is 13.2 Å². The van der Waals surface area contributed by atoms with E-state index in [1.54, 1.807) is 0 Å². The summed E-state index contributed by atoms with van der Waals surface area (Å²) in [5.41, 5.74) is 2.03. The Kier molecular flexibility index (Phi) is 4.48. The Labute approximate surface area is 147 Å². The molecule has 4 rings (SSSR count). The summed E-state index contributed by atoms with van der Waals surface area (Å²) in [5, 5.41) is 12.6. The maximum absolute atomic E-state index is 12.8. The molecule has 1 amide bonds. The molecule has 1 saturated heterocycles. The first-order chi connectivity index (χ1) is 12.2. The van der Waals surface area contributed by atoms with Crippen LogP contribution in [0.1, 0.15) is 31.2 Å². The van der Waals surface area contributed by atoms with Gasteiger partial charge in [0.05, 0.1) is 18.8 Å². The number of tetrazole rings is 1. The SMILES string of the molecule is Cc1ccccc1-c1nnn(CC(=O)N2CCO[C@@H]3CCCC[C@@H]32)n1. The Bertz CT molecular complexity index is 757. The lowest BCUT2D eigenvalue weighted by Gasteiger charge is -2.43. The molecule has 0 unspecified atom stereocenters. The number of fused-ring (bicyclic) bond motifs is 1. The first kappa shape index (κ1) is 16.2. The van der Waals surface area contributed by atoms with Gasteiger partial charge in [-0.3, -0.25) is 4.79 Å². The zero-order valence-electron chi connectivity index (χ0n) is 14.5. The molecule has 1 saturated carbocycles. The van der Waals surface area contributed by atoms with Crippen molar-refractivity contribution in [3.8, 4) is 11.4 Å². The van der Waals surface area contributed by atoms with E-state index in [0.29, 0.717) is 19.0 Å². The third kappa shape index (κ3) is 3.28. The van der Waals surface area contributed by atoms with Crippen LogP contribution in [-0.2, 0) is 16.1 Å². The monoisotopic (exact) mass is 341 g/mol. The Hall–Kier alpha value is -2.28. The van der Waals surface area contributed by atoms with Gasteiger partial charge in [-0.05, 0) is 30.5 Å². The highest BCUT2D eigenvalue weighted by molar-refractivity contribution is 5.76. The number of carbonyl (C=O) groups is 1. The van der Waals surface area contributed by atoms with Gasteiger partial charge < -0.3 is 9.64 Å². The number of carbonyl (C=O) groups excluding carboxylic acids is 1. The molecule has 25 heavy (non-hydrogen) atoms. The average molecular weight is 341 g/mol. The summed E-state index contributed by atoms with van der Waals surface area (Å²) in [6.07, 6.45) is 4.61. The second-order valence-corrected chi connectivity index (χ2v) is 6.81. The Morgan fingerprint density at radius 1 is 1.28 bits per heavy atom. The van der Waals surface area contributed by atoms with E-state index in [-0.39, 0.29) is 24.6 Å². The van der Waals surface area contributed by atoms with E-state index in [4.69, 9.17) is 4.74 Å². The average Bonchev–Trinajstić information content (AvgIpc) is 3.09. The van der Waals surface area contributed by atoms with Crippen LogP contribution in [0.3, 0.4) is 0 Å². The maximum atomic E-state index is 12.8. The highest BCUT2D eigenvalue weighted by Crippen LogP contribution is 2.28. The van der Waals surface area contributed by atoms with Crippen LogP contribution in [0.4, 0.5) is 0 Å². The number of morpholine rings is 1. The lowest BCUT2D eigenvalue weighted by atomic mass is 9.90. The molecule has 2 aromatic rings. The molecule has 1 aliphatic heterocycles. The molecule has 1 aromatic carbocycles. The van der Waals surface area contributed by atoms with Gasteiger partial charge in [0.1, 0.15) is 6.54 Å². The van der Waals surface area contributed by atoms with Gasteiger partial charge in [0.2, 0.25) is 11.7 Å². The predicted molar refractivity (Wildman–Crippen MR) is 91.7 cm³/mol. The third-order valence-electron chi connectivity index (χ3n) is 5.17. The van der Waals surface area contributed by atoms with Crippen LogP contribution < -0.4 is 0 Å². The number of aryl methyl sites for hydroxylation is 1. The molecule has 2 heterocycles. The van der Waals surface area contributed by atoms with Gasteiger partial charge in [0.15, 0.2) is 0 Å². The van der Waals surface area contributed by atoms with Gasteiger partial charge in [0.25, 0.3) is 0 Å². The van der Waals surface area contributed by atoms with Gasteiger partial charge in [-0.15, -0.1) is 10.2 Å². The van der Waals surface area contributed by atoms with Crippen molar-refractivity contribution in [3.05, 3.63) is 29.8 Å². The molecule has 2 aliphatic rings. The minimum Gasteiger partial charge on any atom is -0.374 e. The number of hydrogen-bond acceptors (Lipinski definition) is 5. The van der Waals surface area contributed by atoms with E-state index in [9.17, 15) is 4.79 Å². The number of benzene rings is 1. The molecule has 0 bridgehead atoms. The summed E-state index contributed by atoms with van der Waals surface area (Å²) >= 11 is 0. The summed E-state index contributed by atoms with van der Waals surface area (Å²) in [4.78, 5) is 16.1. The predicted octanol–water partition coefficient (Wildman–Crippen LogP) is 1.82. The summed E-state index contributed by atoms with van der Waals surface area (Å²) in [6.45, 7) is 3.41. The fraction of sp³-hybridized carbons (Fsp3) is 0.556. The van der Waals surface area contributed by atoms with Gasteiger partial charge in [0, 0.05) is 12.1 Å². The molecule has 7 heteroatoms. The molecular weight excluding hydrogens is 318 g/mol. The summed E-state index contributed by atoms with van der Waals surface area (Å²) < 4.78 is 5.84. The minimum atomic E-state index is 0.0499. The van der Waals surface area contributed by atoms with E-state index in [0.717, 1.165) is 30.4 Å². The zero-order valence-corrected chi connectivity index (χ0v) is 14.5. The Morgan fingerprint density at radius 2 is 2.12 bits per heavy atom. The summed E-state index contributed by atoms with van der Waals surface area (Å²) in [5.74, 6) is 0.609. The fourth-order valence-electron chi connectivity index (χ4n) is 3.86. The van der Waals surface area contributed by atoms with Crippen LogP contribution in [0, 0.1) is 6.92 Å². The molecule has 132 valence electrons. The van der Waals surface area contributed by atoms with Crippen LogP contribution >= 0.6 is 0 Å². The third-order valence-corrected chi connectivity index (χ3v) is 5.17. The highest BCUT2D eigenvalue weighted by atomic mass is 16.5. The summed E-state index contributed by atoms with van der Waals surface area (Å²) in [6, 6.07) is 8.11. The second-order valence-electron chi connectivity index (χ2n) is 6.81. The quantitative estimate of drug-likeness (QED) is 0.851. The van der Waals surface area contributed by atoms with Crippen LogP contribution in [0.2, 0.25) is 0 Å². The van der Waals surface area contributed by atoms with Gasteiger partial charge in [-0.1, -0.05) is 37.1 Å². The number of ether oxygens (including phenoxy) is 1. The highest BCUT2D eigenvalue weighted by Gasteiger charge is 2.36. The topological polar surface area (TPSA) is 73.1 Å². The lowest BCUT2D eigenvalue weighted by Crippen LogP contribution is -2.55. The second kappa shape index (κ2) is 6.92. The molecule has 1 aliphatic carbocycles. The van der Waals surface area contributed by atoms with Gasteiger partial charge in [-0.25, -0.2) is 0 Å². The van der Waals surface area contributed by atoms with E-state index in [1.165, 1.54) is 11.2 Å². The number of amides is 1. The van der Waals surface area contributed by atoms with Gasteiger partial charge >= 0.3 is 0 Å². The van der Waals surface area contributed by atoms with Crippen molar-refractivity contribution in [2.45, 2.75) is 51.3 Å². The van der Waals surface area contributed by atoms with Crippen molar-refractivity contribution in [2.24, 2.45) is 0 Å². The molecule has 0 radical (unpaired) electrons. The largest absolute Gasteiger partial charge is 0.374 e. The molecule has 2 atom stereocenters. The maximum Gasteiger partial charge on any atom is 0.246 e. The van der Waals surface area contributed by atoms with E-state index in [2.05, 4.69) is 15.4 Å². The van der Waals surface area contributed by atoms with Crippen LogP contribution in [0.25, 0.3) is 11.4 Å². The van der Waals surface area contributed by atoms with Crippen molar-refractivity contribution < 1.29 is 9.53 Å². The van der Waals surface area contributed by atoms with E-state index >= 15 is 0 Å². The minimum absolute atomic E-state index is 0.0499. The Balaban J connectivity index is 1.47. The fourth-order valence-corrected chi connectivity index (χ4v) is 3.86. The normalized spacial score (nSPS) is 23.3. The number of nitrogens with zero attached hydrogens (tertiary/aromatic N) is 5. The van der Waals surface area contributed by atoms with Crippen molar-refractivity contribution in [1.29, 1.82) is 0 Å². The molecule has 7 nitrogen and oxygen atoms in total. The first-order valence-corrected chi connectivity index (χ1v) is 8.97. The van der Waals surface area contributed by atoms with E-state index in [1.807, 2.05) is 36.1 Å². The van der Waals surface area contributed by atoms with E-state index < -0.39 is 0 Å². The van der Waals surface area contributed by atoms with Crippen LogP contribution in [0.15, 0.2) is 24.3 Å². The van der Waals surface area contributed by atoms with Crippen LogP contribution in [-0.4, -0.2) is 56.3 Å². The standard InChI is InChI=1S/C18H23N5O2/c1-13-6-2-3-7-14(13)18-19-21-23(20-18)12-17(24)22-10-11-25-16-9-5-4-8-15(16)22/h2-3,6-7,15-16H,4-5,8-12H2,1H3/t15-,16+/m0/s1. The molecule has 0 N–H and O–H groups in total. The number of rotatable bonds is 3. The molecule has 0 spiro atoms. The van der Waals surface area contributed by atoms with Crippen molar-refractivity contribution in [3.63, 3.8) is 0 Å². The Morgan fingerprint density at radius 3 is 3.00 bits per heavy atom. The lowest BCUT2D eigenvalue weighted by molar-refractivity contribution is -0.150. The zero-order chi connectivity index (χ0) is 17.2. The number of aromatic nitrogens is 4.